The first kappa shape index (κ1) is 26.4. The highest BCUT2D eigenvalue weighted by molar-refractivity contribution is 7.92. The fraction of sp³-hybridized carbons (Fsp3) is 0.345. The fourth-order valence-corrected chi connectivity index (χ4v) is 6.78. The van der Waals surface area contributed by atoms with Crippen LogP contribution in [-0.2, 0) is 14.8 Å². The Balaban J connectivity index is 1.34. The maximum Gasteiger partial charge on any atom is 0.262 e. The number of methoxy groups -OCH3 is 1. The van der Waals surface area contributed by atoms with E-state index in [1.165, 1.54) is 18.9 Å². The number of anilines is 2. The maximum absolute atomic E-state index is 13.1. The van der Waals surface area contributed by atoms with Crippen molar-refractivity contribution >= 4 is 38.9 Å². The van der Waals surface area contributed by atoms with Gasteiger partial charge >= 0.3 is 0 Å². The Kier molecular flexibility index (Phi) is 7.54. The van der Waals surface area contributed by atoms with Crippen LogP contribution in [0.25, 0.3) is 0 Å². The molecule has 1 atom stereocenters. The van der Waals surface area contributed by atoms with Gasteiger partial charge in [0.1, 0.15) is 0 Å². The van der Waals surface area contributed by atoms with E-state index in [0.717, 1.165) is 24.2 Å². The van der Waals surface area contributed by atoms with E-state index in [1.807, 2.05) is 24.3 Å². The van der Waals surface area contributed by atoms with Gasteiger partial charge in [0.2, 0.25) is 5.91 Å². The lowest BCUT2D eigenvalue weighted by Gasteiger charge is -2.20. The Labute approximate surface area is 228 Å². The van der Waals surface area contributed by atoms with Crippen LogP contribution in [0.1, 0.15) is 49.1 Å². The molecule has 0 unspecified atom stereocenters. The summed E-state index contributed by atoms with van der Waals surface area (Å²) in [5.41, 5.74) is 2.50. The van der Waals surface area contributed by atoms with Gasteiger partial charge in [-0.1, -0.05) is 29.8 Å². The molecule has 1 aliphatic carbocycles. The molecule has 1 heterocycles. The maximum atomic E-state index is 13.1. The highest BCUT2D eigenvalue weighted by Gasteiger charge is 2.33. The van der Waals surface area contributed by atoms with E-state index >= 15 is 0 Å². The number of nitrogens with one attached hydrogen (secondary N) is 1. The van der Waals surface area contributed by atoms with Gasteiger partial charge in [-0.25, -0.2) is 8.42 Å². The number of carbonyl (C=O) groups excluding carboxylic acids is 1. The molecule has 1 saturated carbocycles. The van der Waals surface area contributed by atoms with Gasteiger partial charge in [0.25, 0.3) is 10.0 Å². The van der Waals surface area contributed by atoms with Gasteiger partial charge in [-0.05, 0) is 86.2 Å². The van der Waals surface area contributed by atoms with E-state index in [-0.39, 0.29) is 22.8 Å². The summed E-state index contributed by atoms with van der Waals surface area (Å²) in [6, 6.07) is 17.5. The number of hydrogen-bond acceptors (Lipinski definition) is 5. The van der Waals surface area contributed by atoms with Gasteiger partial charge in [-0.2, -0.15) is 0 Å². The number of amides is 1. The second-order valence-electron chi connectivity index (χ2n) is 9.86. The molecule has 0 bridgehead atoms. The monoisotopic (exact) mass is 554 g/mol. The van der Waals surface area contributed by atoms with Crippen LogP contribution in [0.5, 0.6) is 11.5 Å². The summed E-state index contributed by atoms with van der Waals surface area (Å²) in [6.07, 6.45) is 4.98. The van der Waals surface area contributed by atoms with Crippen molar-refractivity contribution in [1.29, 1.82) is 0 Å². The first-order chi connectivity index (χ1) is 18.2. The van der Waals surface area contributed by atoms with Crippen LogP contribution in [0.3, 0.4) is 0 Å². The molecule has 1 amide bonds. The van der Waals surface area contributed by atoms with E-state index in [0.29, 0.717) is 40.7 Å². The van der Waals surface area contributed by atoms with Crippen molar-refractivity contribution in [1.82, 2.24) is 0 Å². The van der Waals surface area contributed by atoms with Gasteiger partial charge < -0.3 is 14.4 Å². The standard InChI is InChI=1S/C29H31ClN2O5S/c1-19-25(30)11-6-12-28(19)38(34,35)31-22-7-5-8-23(17-22)32-18-21(16-29(32)33)20-13-14-26(36-2)27(15-20)37-24-9-3-4-10-24/h5-8,11-15,17,21,24,31H,3-4,9-10,16,18H2,1-2H3/t21-/m0/s1. The second-order valence-corrected chi connectivity index (χ2v) is 11.9. The van der Waals surface area contributed by atoms with Crippen LogP contribution >= 0.6 is 11.6 Å². The van der Waals surface area contributed by atoms with E-state index in [1.54, 1.807) is 49.3 Å². The van der Waals surface area contributed by atoms with Crippen molar-refractivity contribution in [3.05, 3.63) is 76.8 Å². The molecule has 0 radical (unpaired) electrons. The molecule has 3 aromatic rings. The number of rotatable bonds is 8. The summed E-state index contributed by atoms with van der Waals surface area (Å²) in [7, 11) is -2.23. The van der Waals surface area contributed by atoms with Crippen LogP contribution < -0.4 is 19.1 Å². The number of hydrogen-bond donors (Lipinski definition) is 1. The van der Waals surface area contributed by atoms with Gasteiger partial charge in [0, 0.05) is 29.6 Å². The molecule has 9 heteroatoms. The molecule has 200 valence electrons. The van der Waals surface area contributed by atoms with E-state index in [9.17, 15) is 13.2 Å². The number of benzene rings is 3. The van der Waals surface area contributed by atoms with Crippen LogP contribution in [0.4, 0.5) is 11.4 Å². The third-order valence-electron chi connectivity index (χ3n) is 7.30. The molecular weight excluding hydrogens is 524 g/mol. The smallest absolute Gasteiger partial charge is 0.262 e. The molecule has 2 aliphatic rings. The molecule has 5 rings (SSSR count). The molecule has 0 spiro atoms. The van der Waals surface area contributed by atoms with Gasteiger partial charge in [-0.3, -0.25) is 9.52 Å². The minimum Gasteiger partial charge on any atom is -0.493 e. The predicted molar refractivity (Wildman–Crippen MR) is 149 cm³/mol. The van der Waals surface area contributed by atoms with Crippen LogP contribution in [0.2, 0.25) is 5.02 Å². The average Bonchev–Trinajstić information content (AvgIpc) is 3.55. The molecule has 3 aromatic carbocycles. The molecule has 7 nitrogen and oxygen atoms in total. The Bertz CT molecular complexity index is 1450. The topological polar surface area (TPSA) is 84.9 Å². The number of halogens is 1. The molecule has 38 heavy (non-hydrogen) atoms. The molecule has 1 N–H and O–H groups in total. The van der Waals surface area contributed by atoms with Crippen LogP contribution in [0, 0.1) is 6.92 Å². The van der Waals surface area contributed by atoms with E-state index in [2.05, 4.69) is 4.72 Å². The van der Waals surface area contributed by atoms with E-state index in [4.69, 9.17) is 21.1 Å². The minimum atomic E-state index is -3.86. The van der Waals surface area contributed by atoms with Crippen molar-refractivity contribution in [2.45, 2.75) is 55.9 Å². The lowest BCUT2D eigenvalue weighted by Crippen LogP contribution is -2.24. The van der Waals surface area contributed by atoms with Crippen LogP contribution in [-0.4, -0.2) is 34.1 Å². The SMILES string of the molecule is COc1ccc([C@H]2CC(=O)N(c3cccc(NS(=O)(=O)c4cccc(Cl)c4C)c3)C2)cc1OC1CCCC1. The molecule has 1 saturated heterocycles. The number of sulfonamides is 1. The molecular formula is C29H31ClN2O5S. The van der Waals surface area contributed by atoms with Gasteiger partial charge in [0.15, 0.2) is 11.5 Å². The van der Waals surface area contributed by atoms with Crippen molar-refractivity contribution in [2.75, 3.05) is 23.3 Å². The zero-order valence-electron chi connectivity index (χ0n) is 21.4. The Morgan fingerprint density at radius 2 is 1.76 bits per heavy atom. The average molecular weight is 555 g/mol. The molecule has 0 aromatic heterocycles. The Morgan fingerprint density at radius 3 is 2.53 bits per heavy atom. The number of carbonyl (C=O) groups is 1. The quantitative estimate of drug-likeness (QED) is 0.353. The van der Waals surface area contributed by atoms with Crippen molar-refractivity contribution in [2.24, 2.45) is 0 Å². The van der Waals surface area contributed by atoms with Crippen LogP contribution in [0.15, 0.2) is 65.6 Å². The first-order valence-electron chi connectivity index (χ1n) is 12.8. The lowest BCUT2D eigenvalue weighted by atomic mass is 9.98. The highest BCUT2D eigenvalue weighted by Crippen LogP contribution is 2.38. The third-order valence-corrected chi connectivity index (χ3v) is 9.23. The second kappa shape index (κ2) is 10.9. The van der Waals surface area contributed by atoms with Gasteiger partial charge in [0.05, 0.1) is 23.8 Å². The zero-order chi connectivity index (χ0) is 26.9. The summed E-state index contributed by atoms with van der Waals surface area (Å²) in [5.74, 6) is 1.37. The fourth-order valence-electron chi connectivity index (χ4n) is 5.23. The Hall–Kier alpha value is -3.23. The summed E-state index contributed by atoms with van der Waals surface area (Å²) in [5, 5.41) is 0.380. The van der Waals surface area contributed by atoms with E-state index < -0.39 is 10.0 Å². The number of nitrogens with zero attached hydrogens (tertiary/aromatic N) is 1. The summed E-state index contributed by atoms with van der Waals surface area (Å²) >= 11 is 6.13. The molecule has 2 fully saturated rings. The third kappa shape index (κ3) is 5.47. The summed E-state index contributed by atoms with van der Waals surface area (Å²) in [6.45, 7) is 2.15. The normalized spacial score (nSPS) is 18.1. The summed E-state index contributed by atoms with van der Waals surface area (Å²) < 4.78 is 40.5. The largest absolute Gasteiger partial charge is 0.493 e. The Morgan fingerprint density at radius 1 is 1.00 bits per heavy atom. The molecule has 1 aliphatic heterocycles. The number of ether oxygens (including phenoxy) is 2. The highest BCUT2D eigenvalue weighted by atomic mass is 35.5. The first-order valence-corrected chi connectivity index (χ1v) is 14.6. The van der Waals surface area contributed by atoms with Crippen molar-refractivity contribution < 1.29 is 22.7 Å². The van der Waals surface area contributed by atoms with Crippen molar-refractivity contribution in [3.63, 3.8) is 0 Å². The predicted octanol–water partition coefficient (Wildman–Crippen LogP) is 6.30. The summed E-state index contributed by atoms with van der Waals surface area (Å²) in [4.78, 5) is 14.9. The minimum absolute atomic E-state index is 0.0187. The zero-order valence-corrected chi connectivity index (χ0v) is 23.0. The lowest BCUT2D eigenvalue weighted by molar-refractivity contribution is -0.117. The van der Waals surface area contributed by atoms with Crippen molar-refractivity contribution in [3.8, 4) is 11.5 Å². The van der Waals surface area contributed by atoms with Gasteiger partial charge in [-0.15, -0.1) is 0 Å².